The van der Waals surface area contributed by atoms with E-state index in [-0.39, 0.29) is 24.5 Å². The Kier molecular flexibility index (Phi) is 6.55. The Morgan fingerprint density at radius 1 is 1.07 bits per heavy atom. The molecule has 1 N–H and O–H groups in total. The second-order valence-corrected chi connectivity index (χ2v) is 8.30. The first-order chi connectivity index (χ1) is 13.8. The summed E-state index contributed by atoms with van der Waals surface area (Å²) in [5.74, 6) is -0.635. The van der Waals surface area contributed by atoms with E-state index in [9.17, 15) is 9.59 Å². The minimum absolute atomic E-state index is 0.0360. The molecule has 0 aliphatic carbocycles. The third-order valence-electron chi connectivity index (χ3n) is 4.68. The number of rotatable bonds is 7. The molecule has 2 aromatic carbocycles. The van der Waals surface area contributed by atoms with E-state index in [0.29, 0.717) is 17.9 Å². The molecule has 2 amide bonds. The highest BCUT2D eigenvalue weighted by Crippen LogP contribution is 2.32. The highest BCUT2D eigenvalue weighted by Gasteiger charge is 2.39. The van der Waals surface area contributed by atoms with Gasteiger partial charge in [-0.25, -0.2) is 0 Å². The summed E-state index contributed by atoms with van der Waals surface area (Å²) in [7, 11) is 0. The van der Waals surface area contributed by atoms with Crippen LogP contribution < -0.4 is 5.32 Å². The topological polar surface area (TPSA) is 58.6 Å². The smallest absolute Gasteiger partial charge is 0.278 e. The Morgan fingerprint density at radius 2 is 1.83 bits per heavy atom. The number of nitrogens with one attached hydrogen (secondary N) is 1. The van der Waals surface area contributed by atoms with Crippen LogP contribution in [0, 0.1) is 13.8 Å². The van der Waals surface area contributed by atoms with E-state index < -0.39 is 0 Å². The first kappa shape index (κ1) is 21.3. The third-order valence-corrected chi connectivity index (χ3v) is 5.17. The molecule has 0 aromatic heterocycles. The number of carbonyl (C=O) groups excluding carboxylic acids is 2. The Labute approximate surface area is 179 Å². The minimum Gasteiger partial charge on any atom is -0.377 e. The molecule has 5 nitrogen and oxygen atoms in total. The predicted octanol–water partition coefficient (Wildman–Crippen LogP) is 4.68. The largest absolute Gasteiger partial charge is 0.377 e. The second-order valence-electron chi connectivity index (χ2n) is 7.39. The van der Waals surface area contributed by atoms with Gasteiger partial charge in [-0.3, -0.25) is 14.5 Å². The number of nitrogens with zero attached hydrogens (tertiary/aromatic N) is 1. The lowest BCUT2D eigenvalue weighted by Crippen LogP contribution is -2.35. The Hall–Kier alpha value is -2.44. The number of halogens is 1. The van der Waals surface area contributed by atoms with Crippen LogP contribution in [0.15, 0.2) is 52.6 Å². The molecule has 0 spiro atoms. The summed E-state index contributed by atoms with van der Waals surface area (Å²) in [5, 5.41) is 3.18. The second kappa shape index (κ2) is 8.93. The predicted molar refractivity (Wildman–Crippen MR) is 118 cm³/mol. The molecule has 0 bridgehead atoms. The van der Waals surface area contributed by atoms with Crippen LogP contribution in [0.3, 0.4) is 0 Å². The summed E-state index contributed by atoms with van der Waals surface area (Å²) in [6.45, 7) is 8.32. The summed E-state index contributed by atoms with van der Waals surface area (Å²) < 4.78 is 6.44. The van der Waals surface area contributed by atoms with Crippen molar-refractivity contribution >= 4 is 39.0 Å². The summed E-state index contributed by atoms with van der Waals surface area (Å²) in [6, 6.07) is 13.4. The minimum atomic E-state index is -0.336. The fourth-order valence-electron chi connectivity index (χ4n) is 3.33. The molecule has 1 aliphatic heterocycles. The van der Waals surface area contributed by atoms with Gasteiger partial charge in [0.2, 0.25) is 0 Å². The van der Waals surface area contributed by atoms with Crippen molar-refractivity contribution in [3.05, 3.63) is 69.3 Å². The standard InChI is InChI=1S/C23H25BrN2O3/c1-14(2)29-11-10-26-22(27)20(19-9-8-15(3)12-16(19)4)21(23(26)28)25-18-7-5-6-17(24)13-18/h5-9,12-14,25H,10-11H2,1-4H3. The van der Waals surface area contributed by atoms with Crippen molar-refractivity contribution in [3.63, 3.8) is 0 Å². The zero-order chi connectivity index (χ0) is 21.1. The SMILES string of the molecule is Cc1ccc(C2=C(Nc3cccc(Br)c3)C(=O)N(CCOC(C)C)C2=O)c(C)c1. The van der Waals surface area contributed by atoms with Crippen LogP contribution >= 0.6 is 15.9 Å². The van der Waals surface area contributed by atoms with Gasteiger partial charge in [0, 0.05) is 10.2 Å². The fraction of sp³-hybridized carbons (Fsp3) is 0.304. The van der Waals surface area contributed by atoms with E-state index in [1.165, 1.54) is 4.90 Å². The number of imide groups is 1. The van der Waals surface area contributed by atoms with Crippen molar-refractivity contribution in [2.45, 2.75) is 33.8 Å². The number of carbonyl (C=O) groups is 2. The van der Waals surface area contributed by atoms with Crippen LogP contribution in [0.4, 0.5) is 5.69 Å². The molecule has 0 radical (unpaired) electrons. The Bertz CT molecular complexity index is 982. The number of benzene rings is 2. The number of anilines is 1. The fourth-order valence-corrected chi connectivity index (χ4v) is 3.73. The molecule has 152 valence electrons. The zero-order valence-corrected chi connectivity index (χ0v) is 18.7. The van der Waals surface area contributed by atoms with Gasteiger partial charge in [0.25, 0.3) is 11.8 Å². The van der Waals surface area contributed by atoms with Crippen molar-refractivity contribution in [2.24, 2.45) is 0 Å². The van der Waals surface area contributed by atoms with Crippen LogP contribution in [-0.4, -0.2) is 36.0 Å². The molecule has 3 rings (SSSR count). The molecule has 2 aromatic rings. The average molecular weight is 457 g/mol. The van der Waals surface area contributed by atoms with Gasteiger partial charge in [0.1, 0.15) is 5.70 Å². The van der Waals surface area contributed by atoms with Gasteiger partial charge in [-0.2, -0.15) is 0 Å². The number of aryl methyl sites for hydroxylation is 2. The maximum atomic E-state index is 13.2. The third kappa shape index (κ3) is 4.77. The molecule has 6 heteroatoms. The normalized spacial score (nSPS) is 14.3. The molecule has 0 saturated heterocycles. The maximum absolute atomic E-state index is 13.2. The number of ether oxygens (including phenoxy) is 1. The first-order valence-corrected chi connectivity index (χ1v) is 10.4. The van der Waals surface area contributed by atoms with E-state index in [0.717, 1.165) is 26.9 Å². The molecule has 0 atom stereocenters. The summed E-state index contributed by atoms with van der Waals surface area (Å²) in [4.78, 5) is 27.7. The van der Waals surface area contributed by atoms with Crippen LogP contribution in [0.5, 0.6) is 0 Å². The zero-order valence-electron chi connectivity index (χ0n) is 17.1. The van der Waals surface area contributed by atoms with E-state index in [1.807, 2.05) is 70.2 Å². The van der Waals surface area contributed by atoms with Gasteiger partial charge >= 0.3 is 0 Å². The van der Waals surface area contributed by atoms with Crippen LogP contribution in [-0.2, 0) is 14.3 Å². The lowest BCUT2D eigenvalue weighted by atomic mass is 9.97. The van der Waals surface area contributed by atoms with Crippen molar-refractivity contribution in [3.8, 4) is 0 Å². The number of hydrogen-bond donors (Lipinski definition) is 1. The summed E-state index contributed by atoms with van der Waals surface area (Å²) >= 11 is 3.44. The van der Waals surface area contributed by atoms with Crippen molar-refractivity contribution in [1.82, 2.24) is 4.90 Å². The van der Waals surface area contributed by atoms with Crippen molar-refractivity contribution < 1.29 is 14.3 Å². The van der Waals surface area contributed by atoms with E-state index in [4.69, 9.17) is 4.74 Å². The lowest BCUT2D eigenvalue weighted by molar-refractivity contribution is -0.137. The maximum Gasteiger partial charge on any atom is 0.278 e. The summed E-state index contributed by atoms with van der Waals surface area (Å²) in [5.41, 5.74) is 4.25. The lowest BCUT2D eigenvalue weighted by Gasteiger charge is -2.16. The van der Waals surface area contributed by atoms with Gasteiger partial charge in [-0.15, -0.1) is 0 Å². The van der Waals surface area contributed by atoms with Crippen LogP contribution in [0.1, 0.15) is 30.5 Å². The monoisotopic (exact) mass is 456 g/mol. The van der Waals surface area contributed by atoms with Gasteiger partial charge in [-0.1, -0.05) is 45.8 Å². The molecule has 0 unspecified atom stereocenters. The molecular formula is C23H25BrN2O3. The first-order valence-electron chi connectivity index (χ1n) is 9.60. The van der Waals surface area contributed by atoms with Gasteiger partial charge in [0.05, 0.1) is 24.8 Å². The van der Waals surface area contributed by atoms with E-state index >= 15 is 0 Å². The Balaban J connectivity index is 2.01. The number of amides is 2. The molecular weight excluding hydrogens is 432 g/mol. The van der Waals surface area contributed by atoms with Gasteiger partial charge < -0.3 is 10.1 Å². The van der Waals surface area contributed by atoms with Crippen LogP contribution in [0.25, 0.3) is 5.57 Å². The highest BCUT2D eigenvalue weighted by molar-refractivity contribution is 9.10. The average Bonchev–Trinajstić information content (AvgIpc) is 2.86. The highest BCUT2D eigenvalue weighted by atomic mass is 79.9. The Morgan fingerprint density at radius 3 is 2.48 bits per heavy atom. The van der Waals surface area contributed by atoms with Crippen LogP contribution in [0.2, 0.25) is 0 Å². The molecule has 0 saturated carbocycles. The van der Waals surface area contributed by atoms with Crippen molar-refractivity contribution in [1.29, 1.82) is 0 Å². The number of hydrogen-bond acceptors (Lipinski definition) is 4. The molecule has 29 heavy (non-hydrogen) atoms. The molecule has 1 aliphatic rings. The molecule has 1 heterocycles. The van der Waals surface area contributed by atoms with E-state index in [1.54, 1.807) is 0 Å². The van der Waals surface area contributed by atoms with E-state index in [2.05, 4.69) is 21.2 Å². The van der Waals surface area contributed by atoms with Gasteiger partial charge in [-0.05, 0) is 57.0 Å². The summed E-state index contributed by atoms with van der Waals surface area (Å²) in [6.07, 6.45) is 0.0360. The van der Waals surface area contributed by atoms with Crippen molar-refractivity contribution in [2.75, 3.05) is 18.5 Å². The molecule has 0 fully saturated rings. The van der Waals surface area contributed by atoms with Gasteiger partial charge in [0.15, 0.2) is 0 Å². The quantitative estimate of drug-likeness (QED) is 0.614.